The van der Waals surface area contributed by atoms with Gasteiger partial charge in [-0.25, -0.2) is 0 Å². The number of carbonyl (C=O) groups excluding carboxylic acids is 1. The molecule has 108 valence electrons. The van der Waals surface area contributed by atoms with Crippen LogP contribution in [0.5, 0.6) is 0 Å². The van der Waals surface area contributed by atoms with E-state index in [0.29, 0.717) is 31.7 Å². The number of methoxy groups -OCH3 is 1. The fraction of sp³-hybridized carbons (Fsp3) is 0.312. The van der Waals surface area contributed by atoms with Gasteiger partial charge in [0.2, 0.25) is 0 Å². The Hall–Kier alpha value is -2.45. The minimum atomic E-state index is -0.0964. The van der Waals surface area contributed by atoms with Gasteiger partial charge in [-0.05, 0) is 18.2 Å². The molecule has 2 aromatic rings. The van der Waals surface area contributed by atoms with Gasteiger partial charge in [0.15, 0.2) is 0 Å². The molecule has 0 saturated heterocycles. The molecule has 1 amide bonds. The molecular formula is C16H17N3O2. The summed E-state index contributed by atoms with van der Waals surface area (Å²) in [5.41, 5.74) is 1.39. The lowest BCUT2D eigenvalue weighted by molar-refractivity contribution is 0.0702. The van der Waals surface area contributed by atoms with Crippen molar-refractivity contribution in [2.24, 2.45) is 0 Å². The fourth-order valence-corrected chi connectivity index (χ4v) is 2.16. The zero-order valence-electron chi connectivity index (χ0n) is 12.0. The van der Waals surface area contributed by atoms with Crippen LogP contribution in [-0.4, -0.2) is 42.6 Å². The third-order valence-electron chi connectivity index (χ3n) is 3.22. The van der Waals surface area contributed by atoms with E-state index in [-0.39, 0.29) is 5.91 Å². The van der Waals surface area contributed by atoms with Crippen LogP contribution in [0.25, 0.3) is 10.9 Å². The number of aromatic nitrogens is 1. The van der Waals surface area contributed by atoms with Crippen molar-refractivity contribution < 1.29 is 9.53 Å². The van der Waals surface area contributed by atoms with E-state index in [1.165, 1.54) is 0 Å². The van der Waals surface area contributed by atoms with Gasteiger partial charge < -0.3 is 9.64 Å². The molecule has 2 rings (SSSR count). The van der Waals surface area contributed by atoms with Crippen LogP contribution in [0.4, 0.5) is 0 Å². The maximum atomic E-state index is 12.7. The second-order valence-corrected chi connectivity index (χ2v) is 4.57. The van der Waals surface area contributed by atoms with Crippen LogP contribution in [0, 0.1) is 11.3 Å². The summed E-state index contributed by atoms with van der Waals surface area (Å²) in [5, 5.41) is 9.56. The van der Waals surface area contributed by atoms with Crippen molar-refractivity contribution in [3.05, 3.63) is 42.1 Å². The average Bonchev–Trinajstić information content (AvgIpc) is 2.54. The van der Waals surface area contributed by atoms with Gasteiger partial charge in [-0.1, -0.05) is 12.1 Å². The summed E-state index contributed by atoms with van der Waals surface area (Å²) in [6.07, 6.45) is 2.01. The molecule has 0 aliphatic heterocycles. The van der Waals surface area contributed by atoms with Crippen molar-refractivity contribution in [2.75, 3.05) is 26.8 Å². The first kappa shape index (κ1) is 14.9. The molecule has 0 spiro atoms. The fourth-order valence-electron chi connectivity index (χ4n) is 2.16. The Balaban J connectivity index is 2.31. The van der Waals surface area contributed by atoms with Gasteiger partial charge in [0, 0.05) is 37.3 Å². The molecule has 21 heavy (non-hydrogen) atoms. The molecule has 0 fully saturated rings. The summed E-state index contributed by atoms with van der Waals surface area (Å²) in [5.74, 6) is -0.0964. The van der Waals surface area contributed by atoms with E-state index in [4.69, 9.17) is 10.00 Å². The number of hydrogen-bond acceptors (Lipinski definition) is 4. The summed E-state index contributed by atoms with van der Waals surface area (Å²) in [6.45, 7) is 1.31. The van der Waals surface area contributed by atoms with Crippen LogP contribution in [0.2, 0.25) is 0 Å². The van der Waals surface area contributed by atoms with Gasteiger partial charge in [0.1, 0.15) is 0 Å². The molecule has 1 heterocycles. The maximum Gasteiger partial charge on any atom is 0.254 e. The lowest BCUT2D eigenvalue weighted by Crippen LogP contribution is -2.34. The predicted octanol–water partition coefficient (Wildman–Crippen LogP) is 2.24. The van der Waals surface area contributed by atoms with E-state index < -0.39 is 0 Å². The smallest absolute Gasteiger partial charge is 0.254 e. The first-order valence-corrected chi connectivity index (χ1v) is 6.77. The Kier molecular flexibility index (Phi) is 5.24. The Labute approximate surface area is 123 Å². The Morgan fingerprint density at radius 2 is 2.19 bits per heavy atom. The lowest BCUT2D eigenvalue weighted by Gasteiger charge is -2.22. The number of benzene rings is 1. The molecule has 0 radical (unpaired) electrons. The maximum absolute atomic E-state index is 12.7. The zero-order chi connectivity index (χ0) is 15.1. The van der Waals surface area contributed by atoms with Gasteiger partial charge in [-0.3, -0.25) is 9.78 Å². The van der Waals surface area contributed by atoms with Crippen LogP contribution in [-0.2, 0) is 4.74 Å². The number of amides is 1. The molecule has 0 saturated carbocycles. The van der Waals surface area contributed by atoms with E-state index in [0.717, 1.165) is 10.9 Å². The van der Waals surface area contributed by atoms with Crippen molar-refractivity contribution in [3.63, 3.8) is 0 Å². The Bertz CT molecular complexity index is 659. The molecule has 1 aromatic carbocycles. The van der Waals surface area contributed by atoms with E-state index in [1.807, 2.05) is 24.3 Å². The molecule has 0 N–H and O–H groups in total. The Morgan fingerprint density at radius 1 is 1.33 bits per heavy atom. The number of fused-ring (bicyclic) bond motifs is 1. The third-order valence-corrected chi connectivity index (χ3v) is 3.22. The summed E-state index contributed by atoms with van der Waals surface area (Å²) in [7, 11) is 1.59. The molecular weight excluding hydrogens is 266 g/mol. The van der Waals surface area contributed by atoms with E-state index >= 15 is 0 Å². The minimum absolute atomic E-state index is 0.0964. The van der Waals surface area contributed by atoms with Crippen LogP contribution in [0.15, 0.2) is 36.5 Å². The highest BCUT2D eigenvalue weighted by Crippen LogP contribution is 2.18. The van der Waals surface area contributed by atoms with E-state index in [1.54, 1.807) is 24.3 Å². The Morgan fingerprint density at radius 3 is 2.95 bits per heavy atom. The van der Waals surface area contributed by atoms with Crippen molar-refractivity contribution >= 4 is 16.8 Å². The summed E-state index contributed by atoms with van der Waals surface area (Å²) in [4.78, 5) is 18.6. The first-order chi connectivity index (χ1) is 10.3. The second-order valence-electron chi connectivity index (χ2n) is 4.57. The van der Waals surface area contributed by atoms with Gasteiger partial charge in [-0.15, -0.1) is 0 Å². The van der Waals surface area contributed by atoms with Crippen LogP contribution < -0.4 is 0 Å². The number of carbonyl (C=O) groups is 1. The van der Waals surface area contributed by atoms with Gasteiger partial charge in [0.05, 0.1) is 24.6 Å². The average molecular weight is 283 g/mol. The minimum Gasteiger partial charge on any atom is -0.383 e. The molecule has 5 heteroatoms. The van der Waals surface area contributed by atoms with Gasteiger partial charge >= 0.3 is 0 Å². The van der Waals surface area contributed by atoms with Crippen LogP contribution in [0.1, 0.15) is 16.8 Å². The first-order valence-electron chi connectivity index (χ1n) is 6.77. The van der Waals surface area contributed by atoms with Crippen LogP contribution in [0.3, 0.4) is 0 Å². The highest BCUT2D eigenvalue weighted by Gasteiger charge is 2.17. The topological polar surface area (TPSA) is 66.2 Å². The summed E-state index contributed by atoms with van der Waals surface area (Å²) < 4.78 is 5.04. The van der Waals surface area contributed by atoms with Crippen LogP contribution >= 0.6 is 0 Å². The molecule has 0 aliphatic rings. The number of rotatable bonds is 6. The van der Waals surface area contributed by atoms with Crippen molar-refractivity contribution in [1.29, 1.82) is 5.26 Å². The highest BCUT2D eigenvalue weighted by molar-refractivity contribution is 6.06. The normalized spacial score (nSPS) is 10.3. The predicted molar refractivity (Wildman–Crippen MR) is 79.8 cm³/mol. The number of nitriles is 1. The largest absolute Gasteiger partial charge is 0.383 e. The summed E-state index contributed by atoms with van der Waals surface area (Å²) in [6, 6.07) is 11.3. The van der Waals surface area contributed by atoms with Crippen molar-refractivity contribution in [3.8, 4) is 6.07 Å². The standard InChI is InChI=1S/C16H17N3O2/c1-21-12-11-19(10-4-8-17)16(20)14-5-2-7-15-13(14)6-3-9-18-15/h2-3,5-7,9H,4,10-12H2,1H3. The molecule has 0 aliphatic carbocycles. The van der Waals surface area contributed by atoms with Gasteiger partial charge in [-0.2, -0.15) is 5.26 Å². The van der Waals surface area contributed by atoms with Crippen molar-refractivity contribution in [1.82, 2.24) is 9.88 Å². The molecule has 0 atom stereocenters. The third kappa shape index (κ3) is 3.56. The number of ether oxygens (including phenoxy) is 1. The van der Waals surface area contributed by atoms with E-state index in [2.05, 4.69) is 11.1 Å². The number of nitrogens with zero attached hydrogens (tertiary/aromatic N) is 3. The number of hydrogen-bond donors (Lipinski definition) is 0. The quantitative estimate of drug-likeness (QED) is 0.815. The van der Waals surface area contributed by atoms with Crippen molar-refractivity contribution in [2.45, 2.75) is 6.42 Å². The molecule has 0 bridgehead atoms. The summed E-state index contributed by atoms with van der Waals surface area (Å²) >= 11 is 0. The SMILES string of the molecule is COCCN(CCC#N)C(=O)c1cccc2ncccc12. The molecule has 0 unspecified atom stereocenters. The number of pyridine rings is 1. The van der Waals surface area contributed by atoms with Gasteiger partial charge in [0.25, 0.3) is 5.91 Å². The second kappa shape index (κ2) is 7.36. The molecule has 5 nitrogen and oxygen atoms in total. The monoisotopic (exact) mass is 283 g/mol. The lowest BCUT2D eigenvalue weighted by atomic mass is 10.1. The zero-order valence-corrected chi connectivity index (χ0v) is 12.0. The highest BCUT2D eigenvalue weighted by atomic mass is 16.5. The van der Waals surface area contributed by atoms with E-state index in [9.17, 15) is 4.79 Å². The molecule has 1 aromatic heterocycles.